The number of nitrogens with zero attached hydrogens (tertiary/aromatic N) is 2. The Morgan fingerprint density at radius 3 is 3.18 bits per heavy atom. The highest BCUT2D eigenvalue weighted by atomic mass is 15.0. The maximum absolute atomic E-state index is 4.04. The van der Waals surface area contributed by atoms with Crippen LogP contribution in [0.2, 0.25) is 0 Å². The highest BCUT2D eigenvalue weighted by molar-refractivity contribution is 5.45. The van der Waals surface area contributed by atoms with Gasteiger partial charge in [-0.2, -0.15) is 0 Å². The summed E-state index contributed by atoms with van der Waals surface area (Å²) < 4.78 is 2.04. The summed E-state index contributed by atoms with van der Waals surface area (Å²) >= 11 is 0. The van der Waals surface area contributed by atoms with Crippen molar-refractivity contribution in [3.05, 3.63) is 36.4 Å². The third-order valence-corrected chi connectivity index (χ3v) is 1.88. The molecule has 0 atom stereocenters. The minimum absolute atomic E-state index is 1.08. The summed E-state index contributed by atoms with van der Waals surface area (Å²) in [6.07, 6.45) is 6.88. The van der Waals surface area contributed by atoms with Crippen molar-refractivity contribution in [2.75, 3.05) is 0 Å². The standard InChI is InChI=1S/C9H10N2/c1-2-8-3-4-9-5-10-7-11(9)6-8/h3-7H,2H2,1H3. The Kier molecular flexibility index (Phi) is 1.39. The lowest BCUT2D eigenvalue weighted by atomic mass is 10.2. The van der Waals surface area contributed by atoms with Gasteiger partial charge in [-0.15, -0.1) is 0 Å². The van der Waals surface area contributed by atoms with Gasteiger partial charge in [-0.1, -0.05) is 13.0 Å². The molecule has 11 heavy (non-hydrogen) atoms. The molecule has 2 aromatic rings. The minimum atomic E-state index is 1.08. The van der Waals surface area contributed by atoms with Crippen LogP contribution in [0.4, 0.5) is 0 Å². The van der Waals surface area contributed by atoms with Gasteiger partial charge in [-0.3, -0.25) is 0 Å². The van der Waals surface area contributed by atoms with E-state index in [4.69, 9.17) is 0 Å². The van der Waals surface area contributed by atoms with Crippen molar-refractivity contribution in [3.63, 3.8) is 0 Å². The van der Waals surface area contributed by atoms with E-state index in [-0.39, 0.29) is 0 Å². The summed E-state index contributed by atoms with van der Waals surface area (Å²) in [6.45, 7) is 2.15. The zero-order valence-corrected chi connectivity index (χ0v) is 6.49. The average molecular weight is 146 g/mol. The Hall–Kier alpha value is -1.31. The zero-order valence-electron chi connectivity index (χ0n) is 6.49. The SMILES string of the molecule is CCc1ccc2cncn2c1. The first kappa shape index (κ1) is 6.40. The minimum Gasteiger partial charge on any atom is -0.306 e. The van der Waals surface area contributed by atoms with Crippen LogP contribution in [0, 0.1) is 0 Å². The zero-order chi connectivity index (χ0) is 7.68. The van der Waals surface area contributed by atoms with E-state index in [2.05, 4.69) is 30.2 Å². The summed E-state index contributed by atoms with van der Waals surface area (Å²) in [7, 11) is 0. The Morgan fingerprint density at radius 2 is 2.36 bits per heavy atom. The average Bonchev–Trinajstić information content (AvgIpc) is 2.50. The van der Waals surface area contributed by atoms with E-state index in [1.54, 1.807) is 0 Å². The van der Waals surface area contributed by atoms with Crippen molar-refractivity contribution in [1.29, 1.82) is 0 Å². The largest absolute Gasteiger partial charge is 0.306 e. The summed E-state index contributed by atoms with van der Waals surface area (Å²) in [5.41, 5.74) is 2.50. The summed E-state index contributed by atoms with van der Waals surface area (Å²) in [4.78, 5) is 4.04. The van der Waals surface area contributed by atoms with E-state index in [0.717, 1.165) is 11.9 Å². The lowest BCUT2D eigenvalue weighted by Crippen LogP contribution is -1.85. The van der Waals surface area contributed by atoms with Crippen LogP contribution in [0.3, 0.4) is 0 Å². The monoisotopic (exact) mass is 146 g/mol. The van der Waals surface area contributed by atoms with Crippen LogP contribution in [-0.2, 0) is 6.42 Å². The van der Waals surface area contributed by atoms with Gasteiger partial charge in [-0.25, -0.2) is 4.98 Å². The van der Waals surface area contributed by atoms with E-state index >= 15 is 0 Å². The normalized spacial score (nSPS) is 10.6. The molecule has 0 amide bonds. The molecule has 0 aliphatic carbocycles. The molecule has 56 valence electrons. The van der Waals surface area contributed by atoms with Gasteiger partial charge in [-0.05, 0) is 18.1 Å². The number of aromatic nitrogens is 2. The number of hydrogen-bond acceptors (Lipinski definition) is 1. The van der Waals surface area contributed by atoms with Gasteiger partial charge in [0.05, 0.1) is 18.0 Å². The number of rotatable bonds is 1. The number of imidazole rings is 1. The smallest absolute Gasteiger partial charge is 0.0992 e. The predicted molar refractivity (Wildman–Crippen MR) is 44.6 cm³/mol. The van der Waals surface area contributed by atoms with Gasteiger partial charge in [0.15, 0.2) is 0 Å². The predicted octanol–water partition coefficient (Wildman–Crippen LogP) is 1.90. The van der Waals surface area contributed by atoms with Crippen molar-refractivity contribution in [2.45, 2.75) is 13.3 Å². The van der Waals surface area contributed by atoms with Gasteiger partial charge in [0.2, 0.25) is 0 Å². The number of fused-ring (bicyclic) bond motifs is 1. The maximum atomic E-state index is 4.04. The molecule has 0 bridgehead atoms. The molecule has 0 radical (unpaired) electrons. The molecule has 0 aromatic carbocycles. The number of hydrogen-bond donors (Lipinski definition) is 0. The van der Waals surface area contributed by atoms with Crippen molar-refractivity contribution < 1.29 is 0 Å². The Morgan fingerprint density at radius 1 is 1.45 bits per heavy atom. The quantitative estimate of drug-likeness (QED) is 0.600. The summed E-state index contributed by atoms with van der Waals surface area (Å²) in [5.74, 6) is 0. The molecular weight excluding hydrogens is 136 g/mol. The van der Waals surface area contributed by atoms with Crippen molar-refractivity contribution >= 4 is 5.52 Å². The maximum Gasteiger partial charge on any atom is 0.0992 e. The fourth-order valence-corrected chi connectivity index (χ4v) is 1.18. The molecule has 0 fully saturated rings. The van der Waals surface area contributed by atoms with Gasteiger partial charge in [0.1, 0.15) is 0 Å². The van der Waals surface area contributed by atoms with E-state index < -0.39 is 0 Å². The third kappa shape index (κ3) is 1.00. The highest BCUT2D eigenvalue weighted by Gasteiger charge is 1.92. The van der Waals surface area contributed by atoms with E-state index in [1.165, 1.54) is 5.56 Å². The fourth-order valence-electron chi connectivity index (χ4n) is 1.18. The van der Waals surface area contributed by atoms with Gasteiger partial charge >= 0.3 is 0 Å². The molecule has 2 heteroatoms. The van der Waals surface area contributed by atoms with Crippen LogP contribution in [0.15, 0.2) is 30.9 Å². The molecule has 2 rings (SSSR count). The third-order valence-electron chi connectivity index (χ3n) is 1.88. The second-order valence-electron chi connectivity index (χ2n) is 2.62. The fraction of sp³-hybridized carbons (Fsp3) is 0.222. The number of aryl methyl sites for hydroxylation is 1. The lowest BCUT2D eigenvalue weighted by Gasteiger charge is -1.96. The van der Waals surface area contributed by atoms with Crippen molar-refractivity contribution in [3.8, 4) is 0 Å². The second kappa shape index (κ2) is 2.38. The highest BCUT2D eigenvalue weighted by Crippen LogP contribution is 2.05. The van der Waals surface area contributed by atoms with E-state index in [0.29, 0.717) is 0 Å². The molecule has 0 saturated heterocycles. The van der Waals surface area contributed by atoms with Gasteiger partial charge < -0.3 is 4.40 Å². The summed E-state index contributed by atoms with van der Waals surface area (Å²) in [5, 5.41) is 0. The van der Waals surface area contributed by atoms with E-state index in [1.807, 2.05) is 16.9 Å². The Bertz CT molecular complexity index is 362. The Labute approximate surface area is 65.5 Å². The summed E-state index contributed by atoms with van der Waals surface area (Å²) in [6, 6.07) is 4.23. The molecular formula is C9H10N2. The molecule has 2 heterocycles. The first-order chi connectivity index (χ1) is 5.40. The molecule has 2 nitrogen and oxygen atoms in total. The van der Waals surface area contributed by atoms with Gasteiger partial charge in [0, 0.05) is 6.20 Å². The molecule has 0 saturated carbocycles. The van der Waals surface area contributed by atoms with Gasteiger partial charge in [0.25, 0.3) is 0 Å². The first-order valence-corrected chi connectivity index (χ1v) is 3.81. The van der Waals surface area contributed by atoms with E-state index in [9.17, 15) is 0 Å². The van der Waals surface area contributed by atoms with Crippen LogP contribution >= 0.6 is 0 Å². The molecule has 0 spiro atoms. The lowest BCUT2D eigenvalue weighted by molar-refractivity contribution is 1.06. The molecule has 0 unspecified atom stereocenters. The van der Waals surface area contributed by atoms with Crippen LogP contribution in [-0.4, -0.2) is 9.38 Å². The number of pyridine rings is 1. The molecule has 0 aliphatic rings. The Balaban J connectivity index is 2.67. The first-order valence-electron chi connectivity index (χ1n) is 3.81. The van der Waals surface area contributed by atoms with Crippen LogP contribution < -0.4 is 0 Å². The molecule has 0 aliphatic heterocycles. The second-order valence-corrected chi connectivity index (χ2v) is 2.62. The van der Waals surface area contributed by atoms with Crippen LogP contribution in [0.1, 0.15) is 12.5 Å². The van der Waals surface area contributed by atoms with Crippen molar-refractivity contribution in [2.24, 2.45) is 0 Å². The topological polar surface area (TPSA) is 17.3 Å². The van der Waals surface area contributed by atoms with Crippen LogP contribution in [0.5, 0.6) is 0 Å². The molecule has 2 aromatic heterocycles. The van der Waals surface area contributed by atoms with Crippen molar-refractivity contribution in [1.82, 2.24) is 9.38 Å². The van der Waals surface area contributed by atoms with Crippen LogP contribution in [0.25, 0.3) is 5.52 Å². The molecule has 0 N–H and O–H groups in total.